The molecule has 0 aromatic heterocycles. The van der Waals surface area contributed by atoms with Gasteiger partial charge >= 0.3 is 6.18 Å². The van der Waals surface area contributed by atoms with Gasteiger partial charge in [-0.15, -0.1) is 0 Å². The van der Waals surface area contributed by atoms with Crippen molar-refractivity contribution in [1.29, 1.82) is 0 Å². The smallest absolute Gasteiger partial charge is 0.325 e. The number of sulfonamides is 2. The highest BCUT2D eigenvalue weighted by molar-refractivity contribution is 7.93. The van der Waals surface area contributed by atoms with Crippen molar-refractivity contribution in [3.05, 3.63) is 113 Å². The molecule has 0 heterocycles. The lowest BCUT2D eigenvalue weighted by atomic mass is 10.1. The molecule has 0 saturated carbocycles. The van der Waals surface area contributed by atoms with E-state index in [9.17, 15) is 34.8 Å². The van der Waals surface area contributed by atoms with Crippen LogP contribution in [0.5, 0.6) is 0 Å². The molecule has 13 heteroatoms. The maximum absolute atomic E-state index is 13.7. The topological polar surface area (TPSA) is 113 Å². The first-order chi connectivity index (χ1) is 20.1. The summed E-state index contributed by atoms with van der Waals surface area (Å²) in [5, 5.41) is 2.57. The first-order valence-electron chi connectivity index (χ1n) is 12.8. The molecule has 0 spiro atoms. The number of carbonyl (C=O) groups excluding carboxylic acids is 1. The second-order valence-corrected chi connectivity index (χ2v) is 13.4. The molecule has 0 fully saturated rings. The molecule has 0 aliphatic carbocycles. The van der Waals surface area contributed by atoms with Crippen LogP contribution in [-0.2, 0) is 31.0 Å². The molecule has 4 aromatic rings. The molecule has 0 radical (unpaired) electrons. The van der Waals surface area contributed by atoms with Crippen LogP contribution in [0.3, 0.4) is 0 Å². The third-order valence-electron chi connectivity index (χ3n) is 6.41. The lowest BCUT2D eigenvalue weighted by Crippen LogP contribution is -2.38. The number of carbonyl (C=O) groups is 1. The van der Waals surface area contributed by atoms with E-state index in [1.165, 1.54) is 30.3 Å². The Morgan fingerprint density at radius 1 is 0.744 bits per heavy atom. The molecule has 2 N–H and O–H groups in total. The van der Waals surface area contributed by atoms with E-state index >= 15 is 0 Å². The maximum atomic E-state index is 13.7. The fraction of sp³-hybridized carbons (Fsp3) is 0.167. The summed E-state index contributed by atoms with van der Waals surface area (Å²) in [4.78, 5) is 12.8. The fourth-order valence-electron chi connectivity index (χ4n) is 4.24. The first kappa shape index (κ1) is 31.6. The number of rotatable bonds is 9. The van der Waals surface area contributed by atoms with Gasteiger partial charge in [0.15, 0.2) is 0 Å². The van der Waals surface area contributed by atoms with E-state index in [4.69, 9.17) is 0 Å². The van der Waals surface area contributed by atoms with Gasteiger partial charge in [0.05, 0.1) is 21.0 Å². The zero-order valence-corrected chi connectivity index (χ0v) is 24.9. The SMILES string of the molecule is Cc1ccc(S(=O)(=O)N(CC(=O)Nc2ccc(S(=O)(=O)Nc3cccc(C(F)(F)F)c3)cc2)c2ccc(C)cc2C)cc1. The minimum atomic E-state index is -4.64. The van der Waals surface area contributed by atoms with E-state index in [0.29, 0.717) is 17.3 Å². The quantitative estimate of drug-likeness (QED) is 0.226. The van der Waals surface area contributed by atoms with Crippen LogP contribution in [0.1, 0.15) is 22.3 Å². The average molecular weight is 632 g/mol. The van der Waals surface area contributed by atoms with Crippen LogP contribution in [0.25, 0.3) is 0 Å². The van der Waals surface area contributed by atoms with E-state index in [1.807, 2.05) is 13.8 Å². The minimum absolute atomic E-state index is 0.00806. The number of anilines is 3. The largest absolute Gasteiger partial charge is 0.416 e. The summed E-state index contributed by atoms with van der Waals surface area (Å²) in [6.07, 6.45) is -4.64. The molecule has 1 amide bonds. The van der Waals surface area contributed by atoms with Crippen molar-refractivity contribution >= 4 is 43.0 Å². The summed E-state index contributed by atoms with van der Waals surface area (Å²) < 4.78 is 95.0. The van der Waals surface area contributed by atoms with Crippen LogP contribution in [0.15, 0.2) is 101 Å². The molecule has 0 atom stereocenters. The summed E-state index contributed by atoms with van der Waals surface area (Å²) in [5.74, 6) is -0.687. The van der Waals surface area contributed by atoms with E-state index in [0.717, 1.165) is 39.7 Å². The normalized spacial score (nSPS) is 12.0. The van der Waals surface area contributed by atoms with Crippen LogP contribution in [0.2, 0.25) is 0 Å². The van der Waals surface area contributed by atoms with Gasteiger partial charge in [0.25, 0.3) is 20.0 Å². The van der Waals surface area contributed by atoms with Crippen molar-refractivity contribution in [2.45, 2.75) is 36.7 Å². The molecule has 8 nitrogen and oxygen atoms in total. The molecule has 226 valence electrons. The highest BCUT2D eigenvalue weighted by atomic mass is 32.2. The predicted molar refractivity (Wildman–Crippen MR) is 159 cm³/mol. The molecular weight excluding hydrogens is 603 g/mol. The molecule has 0 saturated heterocycles. The summed E-state index contributed by atoms with van der Waals surface area (Å²) in [7, 11) is -8.40. The third kappa shape index (κ3) is 7.54. The Hall–Kier alpha value is -4.36. The third-order valence-corrected chi connectivity index (χ3v) is 9.58. The molecular formula is C30H28F3N3O5S2. The van der Waals surface area contributed by atoms with E-state index in [1.54, 1.807) is 37.3 Å². The van der Waals surface area contributed by atoms with Gasteiger partial charge in [-0.1, -0.05) is 41.5 Å². The zero-order valence-electron chi connectivity index (χ0n) is 23.3. The van der Waals surface area contributed by atoms with Gasteiger partial charge in [-0.05, 0) is 87.0 Å². The van der Waals surface area contributed by atoms with Crippen molar-refractivity contribution in [3.8, 4) is 0 Å². The standard InChI is InChI=1S/C30H28F3N3O5S2/c1-20-7-12-27(13-8-20)43(40,41)36(28-16-9-21(2)17-22(28)3)19-29(37)34-24-10-14-26(15-11-24)42(38,39)35-25-6-4-5-23(18-25)30(31,32)33/h4-18,35H,19H2,1-3H3,(H,34,37). The van der Waals surface area contributed by atoms with Gasteiger partial charge in [-0.3, -0.25) is 13.8 Å². The highest BCUT2D eigenvalue weighted by Crippen LogP contribution is 2.31. The number of halogens is 3. The molecule has 0 unspecified atom stereocenters. The molecule has 43 heavy (non-hydrogen) atoms. The molecule has 0 aliphatic heterocycles. The fourth-order valence-corrected chi connectivity index (χ4v) is 6.78. The Morgan fingerprint density at radius 2 is 1.35 bits per heavy atom. The summed E-state index contributed by atoms with van der Waals surface area (Å²) in [5.41, 5.74) is 1.64. The van der Waals surface area contributed by atoms with Crippen LogP contribution < -0.4 is 14.3 Å². The van der Waals surface area contributed by atoms with Crippen molar-refractivity contribution in [3.63, 3.8) is 0 Å². The average Bonchev–Trinajstić information content (AvgIpc) is 2.92. The summed E-state index contributed by atoms with van der Waals surface area (Å²) >= 11 is 0. The number of nitrogens with zero attached hydrogens (tertiary/aromatic N) is 1. The Labute approximate surface area is 248 Å². The van der Waals surface area contributed by atoms with Gasteiger partial charge in [0, 0.05) is 11.4 Å². The number of hydrogen-bond acceptors (Lipinski definition) is 5. The highest BCUT2D eigenvalue weighted by Gasteiger charge is 2.31. The number of alkyl halides is 3. The van der Waals surface area contributed by atoms with Crippen molar-refractivity contribution in [1.82, 2.24) is 0 Å². The summed E-state index contributed by atoms with van der Waals surface area (Å²) in [6.45, 7) is 4.85. The molecule has 0 aliphatic rings. The number of nitrogens with one attached hydrogen (secondary N) is 2. The first-order valence-corrected chi connectivity index (χ1v) is 15.8. The monoisotopic (exact) mass is 631 g/mol. The number of benzene rings is 4. The van der Waals surface area contributed by atoms with Crippen molar-refractivity contribution < 1.29 is 34.8 Å². The van der Waals surface area contributed by atoms with Crippen molar-refractivity contribution in [2.24, 2.45) is 0 Å². The van der Waals surface area contributed by atoms with Crippen LogP contribution in [0, 0.1) is 20.8 Å². The van der Waals surface area contributed by atoms with E-state index in [-0.39, 0.29) is 21.2 Å². The van der Waals surface area contributed by atoms with Crippen LogP contribution >= 0.6 is 0 Å². The Balaban J connectivity index is 1.54. The van der Waals surface area contributed by atoms with Gasteiger partial charge < -0.3 is 5.32 Å². The van der Waals surface area contributed by atoms with Crippen LogP contribution in [0.4, 0.5) is 30.2 Å². The van der Waals surface area contributed by atoms with E-state index in [2.05, 4.69) is 10.0 Å². The summed E-state index contributed by atoms with van der Waals surface area (Å²) in [6, 6.07) is 20.1. The maximum Gasteiger partial charge on any atom is 0.416 e. The predicted octanol–water partition coefficient (Wildman–Crippen LogP) is 6.27. The second-order valence-electron chi connectivity index (χ2n) is 9.87. The Kier molecular flexibility index (Phi) is 8.88. The number of aryl methyl sites for hydroxylation is 3. The Morgan fingerprint density at radius 3 is 1.95 bits per heavy atom. The molecule has 4 rings (SSSR count). The second kappa shape index (κ2) is 12.1. The number of amides is 1. The minimum Gasteiger partial charge on any atom is -0.325 e. The Bertz CT molecular complexity index is 1860. The van der Waals surface area contributed by atoms with Crippen molar-refractivity contribution in [2.75, 3.05) is 20.9 Å². The van der Waals surface area contributed by atoms with Gasteiger partial charge in [-0.2, -0.15) is 13.2 Å². The van der Waals surface area contributed by atoms with Crippen LogP contribution in [-0.4, -0.2) is 29.3 Å². The van der Waals surface area contributed by atoms with Gasteiger partial charge in [0.2, 0.25) is 5.91 Å². The lowest BCUT2D eigenvalue weighted by molar-refractivity contribution is -0.137. The zero-order chi connectivity index (χ0) is 31.6. The molecule has 0 bridgehead atoms. The van der Waals surface area contributed by atoms with Gasteiger partial charge in [-0.25, -0.2) is 16.8 Å². The number of hydrogen-bond donors (Lipinski definition) is 2. The lowest BCUT2D eigenvalue weighted by Gasteiger charge is -2.26. The van der Waals surface area contributed by atoms with Gasteiger partial charge in [0.1, 0.15) is 6.54 Å². The molecule has 4 aromatic carbocycles. The van der Waals surface area contributed by atoms with E-state index < -0.39 is 44.2 Å².